The van der Waals surface area contributed by atoms with E-state index < -0.39 is 0 Å². The van der Waals surface area contributed by atoms with Gasteiger partial charge >= 0.3 is 0 Å². The molecule has 2 aliphatic carbocycles. The van der Waals surface area contributed by atoms with Crippen molar-refractivity contribution in [3.63, 3.8) is 0 Å². The van der Waals surface area contributed by atoms with Crippen molar-refractivity contribution < 1.29 is 4.79 Å². The van der Waals surface area contributed by atoms with E-state index in [2.05, 4.69) is 81.4 Å². The second kappa shape index (κ2) is 5.71. The smallest absolute Gasteiger partial charge is 0.185 e. The van der Waals surface area contributed by atoms with Crippen LogP contribution in [0.2, 0.25) is 0 Å². The van der Waals surface area contributed by atoms with E-state index in [0.717, 1.165) is 17.6 Å². The molecule has 2 aliphatic rings. The molecule has 0 saturated carbocycles. The van der Waals surface area contributed by atoms with Crippen LogP contribution >= 0.6 is 0 Å². The molecule has 0 N–H and O–H groups in total. The Hall–Kier alpha value is -1.11. The molecule has 0 saturated heterocycles. The number of carbonyl (C=O) groups excluding carboxylic acids is 1. The highest BCUT2D eigenvalue weighted by molar-refractivity contribution is 6.11. The fourth-order valence-electron chi connectivity index (χ4n) is 4.33. The van der Waals surface area contributed by atoms with Gasteiger partial charge in [-0.15, -0.1) is 0 Å². The molecule has 24 heavy (non-hydrogen) atoms. The van der Waals surface area contributed by atoms with Gasteiger partial charge in [0.05, 0.1) is 0 Å². The Bertz CT molecular complexity index is 607. The zero-order chi connectivity index (χ0) is 18.7. The summed E-state index contributed by atoms with van der Waals surface area (Å²) in [6.07, 6.45) is 5.77. The SMILES string of the molecule is CC1=C(C)C(C)C2(C=C(C(C)(C)C)C(=O)C(C(C)(C)C)=C2)CC1C. The normalized spacial score (nSPS) is 28.2. The second-order valence-corrected chi connectivity index (χ2v) is 10.3. The number of hydrogen-bond acceptors (Lipinski definition) is 1. The molecule has 0 bridgehead atoms. The fraction of sp³-hybridized carbons (Fsp3) is 0.696. The van der Waals surface area contributed by atoms with Gasteiger partial charge in [0.2, 0.25) is 0 Å². The van der Waals surface area contributed by atoms with Gasteiger partial charge in [-0.1, -0.05) is 78.7 Å². The minimum absolute atomic E-state index is 0.0256. The summed E-state index contributed by atoms with van der Waals surface area (Å²) >= 11 is 0. The summed E-state index contributed by atoms with van der Waals surface area (Å²) in [5.74, 6) is 1.25. The summed E-state index contributed by atoms with van der Waals surface area (Å²) in [6.45, 7) is 22.2. The van der Waals surface area contributed by atoms with Crippen molar-refractivity contribution in [1.29, 1.82) is 0 Å². The summed E-state index contributed by atoms with van der Waals surface area (Å²) in [6, 6.07) is 0. The molecule has 2 rings (SSSR count). The molecule has 134 valence electrons. The molecule has 0 radical (unpaired) electrons. The van der Waals surface area contributed by atoms with Crippen molar-refractivity contribution >= 4 is 5.78 Å². The molecule has 0 heterocycles. The van der Waals surface area contributed by atoms with E-state index in [-0.39, 0.29) is 22.0 Å². The highest BCUT2D eigenvalue weighted by atomic mass is 16.1. The van der Waals surface area contributed by atoms with E-state index in [9.17, 15) is 4.79 Å². The van der Waals surface area contributed by atoms with Gasteiger partial charge in [0.25, 0.3) is 0 Å². The number of ketones is 1. The third-order valence-electron chi connectivity index (χ3n) is 6.41. The average molecular weight is 329 g/mol. The Balaban J connectivity index is 2.74. The van der Waals surface area contributed by atoms with Gasteiger partial charge in [0, 0.05) is 16.6 Å². The van der Waals surface area contributed by atoms with Crippen molar-refractivity contribution in [3.8, 4) is 0 Å². The Labute approximate surface area is 149 Å². The molecule has 0 fully saturated rings. The Morgan fingerprint density at radius 3 is 1.67 bits per heavy atom. The number of hydrogen-bond donors (Lipinski definition) is 0. The maximum atomic E-state index is 13.2. The van der Waals surface area contributed by atoms with Crippen molar-refractivity contribution in [2.45, 2.75) is 75.7 Å². The number of rotatable bonds is 0. The Morgan fingerprint density at radius 2 is 1.29 bits per heavy atom. The zero-order valence-corrected chi connectivity index (χ0v) is 17.4. The van der Waals surface area contributed by atoms with Gasteiger partial charge in [-0.2, -0.15) is 0 Å². The van der Waals surface area contributed by atoms with E-state index >= 15 is 0 Å². The highest BCUT2D eigenvalue weighted by Gasteiger charge is 2.46. The molecule has 0 aliphatic heterocycles. The van der Waals surface area contributed by atoms with Crippen LogP contribution in [0.3, 0.4) is 0 Å². The molecule has 1 nitrogen and oxygen atoms in total. The molecule has 0 amide bonds. The van der Waals surface area contributed by atoms with Crippen LogP contribution in [0.1, 0.15) is 75.7 Å². The van der Waals surface area contributed by atoms with Gasteiger partial charge in [-0.25, -0.2) is 0 Å². The van der Waals surface area contributed by atoms with Gasteiger partial charge in [-0.05, 0) is 42.9 Å². The third kappa shape index (κ3) is 3.07. The summed E-state index contributed by atoms with van der Waals surface area (Å²) in [5.41, 5.74) is 4.76. The lowest BCUT2D eigenvalue weighted by molar-refractivity contribution is -0.114. The van der Waals surface area contributed by atoms with Gasteiger partial charge in [0.1, 0.15) is 0 Å². The predicted molar refractivity (Wildman–Crippen MR) is 104 cm³/mol. The lowest BCUT2D eigenvalue weighted by atomic mass is 9.56. The first-order valence-corrected chi connectivity index (χ1v) is 9.39. The Morgan fingerprint density at radius 1 is 0.875 bits per heavy atom. The van der Waals surface area contributed by atoms with E-state index in [1.54, 1.807) is 0 Å². The predicted octanol–water partition coefficient (Wildman–Crippen LogP) is 6.51. The molecule has 1 spiro atoms. The first-order chi connectivity index (χ1) is 10.7. The zero-order valence-electron chi connectivity index (χ0n) is 17.4. The van der Waals surface area contributed by atoms with E-state index in [1.807, 2.05) is 0 Å². The molecule has 0 aromatic carbocycles. The van der Waals surface area contributed by atoms with Crippen LogP contribution in [0.25, 0.3) is 0 Å². The average Bonchev–Trinajstić information content (AvgIpc) is 2.43. The topological polar surface area (TPSA) is 17.1 Å². The summed E-state index contributed by atoms with van der Waals surface area (Å²) < 4.78 is 0. The number of Topliss-reactive ketones (excluding diaryl/α,β-unsaturated/α-hetero) is 1. The molecule has 0 aromatic heterocycles. The lowest BCUT2D eigenvalue weighted by Gasteiger charge is -2.47. The standard InChI is InChI=1S/C23H36O/c1-14-11-23(17(4)16(3)15(14)2)12-18(21(5,6)7)20(24)19(13-23)22(8,9)10/h12-14,17H,11H2,1-10H3. The van der Waals surface area contributed by atoms with Crippen LogP contribution in [-0.2, 0) is 4.79 Å². The lowest BCUT2D eigenvalue weighted by Crippen LogP contribution is -2.40. The summed E-state index contributed by atoms with van der Waals surface area (Å²) in [4.78, 5) is 13.2. The quantitative estimate of drug-likeness (QED) is 0.463. The fourth-order valence-corrected chi connectivity index (χ4v) is 4.33. The summed E-state index contributed by atoms with van der Waals surface area (Å²) in [5, 5.41) is 0. The first-order valence-electron chi connectivity index (χ1n) is 9.39. The van der Waals surface area contributed by atoms with E-state index in [4.69, 9.17) is 0 Å². The van der Waals surface area contributed by atoms with Crippen LogP contribution in [0.5, 0.6) is 0 Å². The van der Waals surface area contributed by atoms with Crippen LogP contribution in [0, 0.1) is 28.1 Å². The van der Waals surface area contributed by atoms with E-state index in [0.29, 0.717) is 11.8 Å². The van der Waals surface area contributed by atoms with Crippen LogP contribution in [0.15, 0.2) is 34.4 Å². The highest BCUT2D eigenvalue weighted by Crippen LogP contribution is 2.54. The molecular weight excluding hydrogens is 292 g/mol. The Kier molecular flexibility index (Phi) is 4.57. The van der Waals surface area contributed by atoms with Gasteiger partial charge in [0.15, 0.2) is 5.78 Å². The molecule has 1 heteroatoms. The van der Waals surface area contributed by atoms with Crippen molar-refractivity contribution in [3.05, 3.63) is 34.4 Å². The largest absolute Gasteiger partial charge is 0.289 e. The molecular formula is C23H36O. The van der Waals surface area contributed by atoms with Gasteiger partial charge < -0.3 is 0 Å². The number of carbonyl (C=O) groups is 1. The molecule has 2 unspecified atom stereocenters. The van der Waals surface area contributed by atoms with Crippen molar-refractivity contribution in [2.75, 3.05) is 0 Å². The van der Waals surface area contributed by atoms with E-state index in [1.165, 1.54) is 11.1 Å². The van der Waals surface area contributed by atoms with Crippen LogP contribution in [0.4, 0.5) is 0 Å². The minimum atomic E-state index is -0.123. The second-order valence-electron chi connectivity index (χ2n) is 10.3. The maximum Gasteiger partial charge on any atom is 0.185 e. The number of allylic oxidation sites excluding steroid dienone is 6. The third-order valence-corrected chi connectivity index (χ3v) is 6.41. The maximum absolute atomic E-state index is 13.2. The van der Waals surface area contributed by atoms with Crippen molar-refractivity contribution in [2.24, 2.45) is 28.1 Å². The molecule has 0 aromatic rings. The van der Waals surface area contributed by atoms with Crippen molar-refractivity contribution in [1.82, 2.24) is 0 Å². The summed E-state index contributed by atoms with van der Waals surface area (Å²) in [7, 11) is 0. The van der Waals surface area contributed by atoms with Crippen LogP contribution in [-0.4, -0.2) is 5.78 Å². The minimum Gasteiger partial charge on any atom is -0.289 e. The van der Waals surface area contributed by atoms with Crippen LogP contribution < -0.4 is 0 Å². The monoisotopic (exact) mass is 328 g/mol. The molecule has 2 atom stereocenters. The van der Waals surface area contributed by atoms with Gasteiger partial charge in [-0.3, -0.25) is 4.79 Å². The first kappa shape index (κ1) is 19.2.